The second kappa shape index (κ2) is 8.01. The first kappa shape index (κ1) is 17.9. The van der Waals surface area contributed by atoms with E-state index in [1.165, 1.54) is 0 Å². The van der Waals surface area contributed by atoms with Gasteiger partial charge in [-0.05, 0) is 49.0 Å². The second-order valence-corrected chi connectivity index (χ2v) is 6.53. The van der Waals surface area contributed by atoms with Gasteiger partial charge >= 0.3 is 0 Å². The van der Waals surface area contributed by atoms with Gasteiger partial charge < -0.3 is 5.32 Å². The highest BCUT2D eigenvalue weighted by atomic mass is 16.2. The fraction of sp³-hybridized carbons (Fsp3) is 0.389. The van der Waals surface area contributed by atoms with Gasteiger partial charge in [0.1, 0.15) is 6.54 Å². The van der Waals surface area contributed by atoms with Crippen LogP contribution in [-0.2, 0) is 24.4 Å². The molecule has 2 aromatic heterocycles. The van der Waals surface area contributed by atoms with Crippen molar-refractivity contribution in [2.45, 2.75) is 39.5 Å². The van der Waals surface area contributed by atoms with Gasteiger partial charge in [0.05, 0.1) is 12.1 Å². The smallest absolute Gasteiger partial charge is 0.242 e. The third-order valence-corrected chi connectivity index (χ3v) is 4.39. The number of para-hydroxylation sites is 1. The molecular formula is C18H23N7O. The van der Waals surface area contributed by atoms with Crippen LogP contribution < -0.4 is 5.32 Å². The maximum absolute atomic E-state index is 12.3. The summed E-state index contributed by atoms with van der Waals surface area (Å²) in [5.41, 5.74) is 1.94. The number of carbonyl (C=O) groups excluding carboxylic acids is 1. The topological polar surface area (TPSA) is 88.8 Å². The summed E-state index contributed by atoms with van der Waals surface area (Å²) in [6.07, 6.45) is 1.75. The summed E-state index contributed by atoms with van der Waals surface area (Å²) < 4.78 is 1.54. The van der Waals surface area contributed by atoms with Crippen molar-refractivity contribution in [2.75, 3.05) is 7.05 Å². The van der Waals surface area contributed by atoms with Gasteiger partial charge in [-0.25, -0.2) is 4.68 Å². The van der Waals surface area contributed by atoms with Crippen LogP contribution in [0.5, 0.6) is 0 Å². The average Bonchev–Trinajstić information content (AvgIpc) is 3.06. The lowest BCUT2D eigenvalue weighted by Crippen LogP contribution is -2.31. The first-order chi connectivity index (χ1) is 12.5. The standard InChI is InChI=1S/C18H23N7O/c1-13(2)24(3)11-17-21-22-23-25(17)12-18(26)20-10-14-8-9-19-16-7-5-4-6-15(14)16/h4-9,13H,10-12H2,1-3H3,(H,20,26). The Balaban J connectivity index is 1.62. The number of hydrogen-bond donors (Lipinski definition) is 1. The van der Waals surface area contributed by atoms with Gasteiger partial charge in [-0.15, -0.1) is 5.10 Å². The molecule has 0 aliphatic carbocycles. The molecular weight excluding hydrogens is 330 g/mol. The van der Waals surface area contributed by atoms with Crippen LogP contribution in [0.2, 0.25) is 0 Å². The first-order valence-electron chi connectivity index (χ1n) is 8.59. The summed E-state index contributed by atoms with van der Waals surface area (Å²) in [5.74, 6) is 0.539. The lowest BCUT2D eigenvalue weighted by molar-refractivity contribution is -0.122. The molecule has 0 radical (unpaired) electrons. The molecule has 136 valence electrons. The van der Waals surface area contributed by atoms with Crippen LogP contribution in [0.1, 0.15) is 25.2 Å². The molecule has 0 aliphatic rings. The third-order valence-electron chi connectivity index (χ3n) is 4.39. The van der Waals surface area contributed by atoms with Gasteiger partial charge in [-0.1, -0.05) is 18.2 Å². The Bertz CT molecular complexity index is 885. The molecule has 0 unspecified atom stereocenters. The van der Waals surface area contributed by atoms with E-state index in [1.807, 2.05) is 37.4 Å². The van der Waals surface area contributed by atoms with Gasteiger partial charge in [-0.3, -0.25) is 14.7 Å². The Morgan fingerprint density at radius 2 is 2.08 bits per heavy atom. The molecule has 1 aromatic carbocycles. The first-order valence-corrected chi connectivity index (χ1v) is 8.59. The van der Waals surface area contributed by atoms with Gasteiger partial charge in [0.15, 0.2) is 5.82 Å². The van der Waals surface area contributed by atoms with Crippen molar-refractivity contribution < 1.29 is 4.79 Å². The molecule has 0 fully saturated rings. The lowest BCUT2D eigenvalue weighted by Gasteiger charge is -2.19. The van der Waals surface area contributed by atoms with Crippen molar-refractivity contribution in [3.8, 4) is 0 Å². The van der Waals surface area contributed by atoms with Crippen LogP contribution >= 0.6 is 0 Å². The minimum Gasteiger partial charge on any atom is -0.350 e. The fourth-order valence-electron chi connectivity index (χ4n) is 2.56. The summed E-state index contributed by atoms with van der Waals surface area (Å²) in [6, 6.07) is 10.2. The number of aromatic nitrogens is 5. The Morgan fingerprint density at radius 1 is 1.27 bits per heavy atom. The normalized spacial score (nSPS) is 11.4. The van der Waals surface area contributed by atoms with E-state index in [0.29, 0.717) is 25.0 Å². The third kappa shape index (κ3) is 4.20. The van der Waals surface area contributed by atoms with Crippen molar-refractivity contribution in [3.05, 3.63) is 47.9 Å². The molecule has 0 atom stereocenters. The number of hydrogen-bond acceptors (Lipinski definition) is 6. The zero-order chi connectivity index (χ0) is 18.5. The molecule has 2 heterocycles. The number of carbonyl (C=O) groups is 1. The van der Waals surface area contributed by atoms with Gasteiger partial charge in [0, 0.05) is 24.2 Å². The van der Waals surface area contributed by atoms with Crippen LogP contribution in [0.25, 0.3) is 10.9 Å². The maximum atomic E-state index is 12.3. The molecule has 3 rings (SSSR count). The van der Waals surface area contributed by atoms with E-state index < -0.39 is 0 Å². The maximum Gasteiger partial charge on any atom is 0.242 e. The van der Waals surface area contributed by atoms with Crippen molar-refractivity contribution in [1.29, 1.82) is 0 Å². The molecule has 0 spiro atoms. The number of benzene rings is 1. The molecule has 1 amide bonds. The van der Waals surface area contributed by atoms with Crippen LogP contribution in [0, 0.1) is 0 Å². The summed E-state index contributed by atoms with van der Waals surface area (Å²) in [4.78, 5) is 18.8. The molecule has 0 aliphatic heterocycles. The van der Waals surface area contributed by atoms with Crippen LogP contribution in [0.3, 0.4) is 0 Å². The number of nitrogens with zero attached hydrogens (tertiary/aromatic N) is 6. The summed E-state index contributed by atoms with van der Waals surface area (Å²) in [6.45, 7) is 5.31. The molecule has 3 aromatic rings. The molecule has 0 bridgehead atoms. The van der Waals surface area contributed by atoms with Gasteiger partial charge in [0.25, 0.3) is 0 Å². The highest BCUT2D eigenvalue weighted by Gasteiger charge is 2.14. The summed E-state index contributed by atoms with van der Waals surface area (Å²) in [5, 5.41) is 15.6. The minimum atomic E-state index is -0.133. The zero-order valence-corrected chi connectivity index (χ0v) is 15.3. The number of fused-ring (bicyclic) bond motifs is 1. The van der Waals surface area contributed by atoms with E-state index in [4.69, 9.17) is 0 Å². The minimum absolute atomic E-state index is 0.0945. The van der Waals surface area contributed by atoms with Crippen molar-refractivity contribution in [1.82, 2.24) is 35.4 Å². The number of pyridine rings is 1. The molecule has 8 nitrogen and oxygen atoms in total. The van der Waals surface area contributed by atoms with Gasteiger partial charge in [-0.2, -0.15) is 0 Å². The van der Waals surface area contributed by atoms with E-state index in [-0.39, 0.29) is 12.5 Å². The highest BCUT2D eigenvalue weighted by Crippen LogP contribution is 2.15. The summed E-state index contributed by atoms with van der Waals surface area (Å²) >= 11 is 0. The SMILES string of the molecule is CC(C)N(C)Cc1nnnn1CC(=O)NCc1ccnc2ccccc12. The van der Waals surface area contributed by atoms with Crippen LogP contribution in [0.15, 0.2) is 36.5 Å². The second-order valence-electron chi connectivity index (χ2n) is 6.53. The molecule has 26 heavy (non-hydrogen) atoms. The quantitative estimate of drug-likeness (QED) is 0.690. The Morgan fingerprint density at radius 3 is 2.88 bits per heavy atom. The van der Waals surface area contributed by atoms with E-state index in [2.05, 4.69) is 44.6 Å². The average molecular weight is 353 g/mol. The van der Waals surface area contributed by atoms with E-state index in [0.717, 1.165) is 16.5 Å². The monoisotopic (exact) mass is 353 g/mol. The predicted molar refractivity (Wildman–Crippen MR) is 98.0 cm³/mol. The van der Waals surface area contributed by atoms with Crippen LogP contribution in [0.4, 0.5) is 0 Å². The number of tetrazole rings is 1. The number of amides is 1. The summed E-state index contributed by atoms with van der Waals surface area (Å²) in [7, 11) is 2.00. The fourth-order valence-corrected chi connectivity index (χ4v) is 2.56. The number of rotatable bonds is 7. The Hall–Kier alpha value is -2.87. The molecule has 1 N–H and O–H groups in total. The van der Waals surface area contributed by atoms with Crippen molar-refractivity contribution in [3.63, 3.8) is 0 Å². The van der Waals surface area contributed by atoms with E-state index in [9.17, 15) is 4.79 Å². The predicted octanol–water partition coefficient (Wildman–Crippen LogP) is 1.38. The molecule has 8 heteroatoms. The highest BCUT2D eigenvalue weighted by molar-refractivity contribution is 5.82. The van der Waals surface area contributed by atoms with Crippen molar-refractivity contribution >= 4 is 16.8 Å². The molecule has 0 saturated heterocycles. The van der Waals surface area contributed by atoms with Crippen molar-refractivity contribution in [2.24, 2.45) is 0 Å². The number of nitrogens with one attached hydrogen (secondary N) is 1. The Labute approximate surface area is 152 Å². The van der Waals surface area contributed by atoms with E-state index in [1.54, 1.807) is 10.9 Å². The van der Waals surface area contributed by atoms with E-state index >= 15 is 0 Å². The van der Waals surface area contributed by atoms with Crippen LogP contribution in [-0.4, -0.2) is 49.1 Å². The lowest BCUT2D eigenvalue weighted by atomic mass is 10.1. The molecule has 0 saturated carbocycles. The Kier molecular flexibility index (Phi) is 5.52. The zero-order valence-electron chi connectivity index (χ0n) is 15.3. The van der Waals surface area contributed by atoms with Gasteiger partial charge in [0.2, 0.25) is 5.91 Å². The largest absolute Gasteiger partial charge is 0.350 e.